The molecule has 8 heteroatoms. The molecule has 0 aliphatic carbocycles. The summed E-state index contributed by atoms with van der Waals surface area (Å²) in [5.41, 5.74) is 0.901. The van der Waals surface area contributed by atoms with Gasteiger partial charge in [-0.1, -0.05) is 12.1 Å². The first-order valence-electron chi connectivity index (χ1n) is 7.66. The maximum absolute atomic E-state index is 12.9. The van der Waals surface area contributed by atoms with Gasteiger partial charge < -0.3 is 10.6 Å². The number of hydrogen-bond donors (Lipinski definition) is 2. The van der Waals surface area contributed by atoms with Crippen LogP contribution in [-0.2, 0) is 20.9 Å². The highest BCUT2D eigenvalue weighted by Crippen LogP contribution is 2.14. The average Bonchev–Trinajstić information content (AvgIpc) is 2.57. The van der Waals surface area contributed by atoms with Crippen LogP contribution in [0, 0.1) is 5.82 Å². The molecular weight excluding hydrogens is 315 g/mol. The van der Waals surface area contributed by atoms with Gasteiger partial charge in [-0.15, -0.1) is 0 Å². The summed E-state index contributed by atoms with van der Waals surface area (Å²) in [5, 5.41) is 10.3. The molecule has 1 aliphatic rings. The van der Waals surface area contributed by atoms with Crippen molar-refractivity contribution in [2.75, 3.05) is 13.1 Å². The number of rotatable bonds is 6. The topological polar surface area (TPSA) is 90.9 Å². The van der Waals surface area contributed by atoms with Crippen molar-refractivity contribution in [1.82, 2.24) is 15.6 Å². The number of halogens is 1. The molecule has 0 atom stereocenters. The standard InChI is InChI=1S/C16H19FN4O3/c1-2-18-14(22)9-19-16(24)13-7-8-15(23)21(20-13)10-11-3-5-12(17)6-4-11/h3-6H,2,7-10H2,1H3,(H,18,22)(H,19,24). The van der Waals surface area contributed by atoms with E-state index in [1.807, 2.05) is 0 Å². The zero-order chi connectivity index (χ0) is 17.5. The molecule has 0 aromatic heterocycles. The van der Waals surface area contributed by atoms with Gasteiger partial charge in [0.15, 0.2) is 0 Å². The van der Waals surface area contributed by atoms with Crippen LogP contribution in [0.3, 0.4) is 0 Å². The Morgan fingerprint density at radius 2 is 1.92 bits per heavy atom. The van der Waals surface area contributed by atoms with Crippen LogP contribution >= 0.6 is 0 Å². The summed E-state index contributed by atoms with van der Waals surface area (Å²) in [4.78, 5) is 35.3. The Morgan fingerprint density at radius 1 is 1.21 bits per heavy atom. The maximum Gasteiger partial charge on any atom is 0.267 e. The molecule has 24 heavy (non-hydrogen) atoms. The predicted octanol–water partition coefficient (Wildman–Crippen LogP) is 0.556. The molecule has 3 amide bonds. The molecule has 0 saturated heterocycles. The number of hydrogen-bond acceptors (Lipinski definition) is 4. The fourth-order valence-electron chi connectivity index (χ4n) is 2.17. The monoisotopic (exact) mass is 334 g/mol. The third-order valence-corrected chi connectivity index (χ3v) is 3.40. The Hall–Kier alpha value is -2.77. The summed E-state index contributed by atoms with van der Waals surface area (Å²) >= 11 is 0. The number of hydrazone groups is 1. The molecule has 0 radical (unpaired) electrons. The fraction of sp³-hybridized carbons (Fsp3) is 0.375. The van der Waals surface area contributed by atoms with E-state index in [9.17, 15) is 18.8 Å². The smallest absolute Gasteiger partial charge is 0.267 e. The van der Waals surface area contributed by atoms with E-state index in [0.29, 0.717) is 12.1 Å². The number of amides is 3. The van der Waals surface area contributed by atoms with Gasteiger partial charge in [0.25, 0.3) is 5.91 Å². The van der Waals surface area contributed by atoms with Crippen molar-refractivity contribution >= 4 is 23.4 Å². The molecule has 2 N–H and O–H groups in total. The summed E-state index contributed by atoms with van der Waals surface area (Å²) in [6, 6.07) is 5.71. The first kappa shape index (κ1) is 17.6. The van der Waals surface area contributed by atoms with E-state index in [1.165, 1.54) is 17.1 Å². The molecular formula is C16H19FN4O3. The van der Waals surface area contributed by atoms with Crippen LogP contribution in [0.2, 0.25) is 0 Å². The maximum atomic E-state index is 12.9. The molecule has 1 heterocycles. The highest BCUT2D eigenvalue weighted by atomic mass is 19.1. The predicted molar refractivity (Wildman–Crippen MR) is 85.3 cm³/mol. The van der Waals surface area contributed by atoms with Crippen LogP contribution in [0.5, 0.6) is 0 Å². The largest absolute Gasteiger partial charge is 0.355 e. The summed E-state index contributed by atoms with van der Waals surface area (Å²) in [5.74, 6) is -1.34. The van der Waals surface area contributed by atoms with Crippen LogP contribution in [0.25, 0.3) is 0 Å². The van der Waals surface area contributed by atoms with E-state index in [4.69, 9.17) is 0 Å². The first-order valence-corrected chi connectivity index (χ1v) is 7.66. The number of carbonyl (C=O) groups is 3. The second-order valence-electron chi connectivity index (χ2n) is 5.26. The minimum absolute atomic E-state index is 0.141. The van der Waals surface area contributed by atoms with Crippen LogP contribution in [0.1, 0.15) is 25.3 Å². The van der Waals surface area contributed by atoms with E-state index < -0.39 is 5.91 Å². The van der Waals surface area contributed by atoms with Gasteiger partial charge >= 0.3 is 0 Å². The molecule has 0 fully saturated rings. The van der Waals surface area contributed by atoms with Crippen molar-refractivity contribution in [3.05, 3.63) is 35.6 Å². The van der Waals surface area contributed by atoms with Crippen LogP contribution in [0.15, 0.2) is 29.4 Å². The molecule has 2 rings (SSSR count). The van der Waals surface area contributed by atoms with E-state index in [0.717, 1.165) is 0 Å². The summed E-state index contributed by atoms with van der Waals surface area (Å²) in [7, 11) is 0. The summed E-state index contributed by atoms with van der Waals surface area (Å²) in [6.45, 7) is 2.28. The molecule has 1 aromatic carbocycles. The number of benzene rings is 1. The third-order valence-electron chi connectivity index (χ3n) is 3.40. The highest BCUT2D eigenvalue weighted by molar-refractivity contribution is 6.39. The molecule has 0 unspecified atom stereocenters. The molecule has 0 saturated carbocycles. The summed E-state index contributed by atoms with van der Waals surface area (Å²) in [6.07, 6.45) is 0.384. The minimum Gasteiger partial charge on any atom is -0.355 e. The lowest BCUT2D eigenvalue weighted by Crippen LogP contribution is -2.42. The van der Waals surface area contributed by atoms with Gasteiger partial charge in [-0.3, -0.25) is 14.4 Å². The van der Waals surface area contributed by atoms with Gasteiger partial charge in [-0.2, -0.15) is 5.10 Å². The van der Waals surface area contributed by atoms with Crippen LogP contribution in [0.4, 0.5) is 4.39 Å². The van der Waals surface area contributed by atoms with Gasteiger partial charge in [-0.05, 0) is 24.6 Å². The van der Waals surface area contributed by atoms with Crippen molar-refractivity contribution in [3.63, 3.8) is 0 Å². The lowest BCUT2D eigenvalue weighted by molar-refractivity contribution is -0.132. The zero-order valence-corrected chi connectivity index (χ0v) is 13.3. The van der Waals surface area contributed by atoms with E-state index in [1.54, 1.807) is 19.1 Å². The molecule has 1 aromatic rings. The zero-order valence-electron chi connectivity index (χ0n) is 13.3. The number of nitrogens with one attached hydrogen (secondary N) is 2. The van der Waals surface area contributed by atoms with E-state index in [-0.39, 0.29) is 49.3 Å². The summed E-state index contributed by atoms with van der Waals surface area (Å²) < 4.78 is 12.9. The highest BCUT2D eigenvalue weighted by Gasteiger charge is 2.24. The second kappa shape index (κ2) is 8.19. The minimum atomic E-state index is -0.474. The van der Waals surface area contributed by atoms with Gasteiger partial charge in [0.1, 0.15) is 11.5 Å². The van der Waals surface area contributed by atoms with Crippen molar-refractivity contribution in [2.45, 2.75) is 26.3 Å². The fourth-order valence-corrected chi connectivity index (χ4v) is 2.17. The Morgan fingerprint density at radius 3 is 2.58 bits per heavy atom. The van der Waals surface area contributed by atoms with Gasteiger partial charge in [0.2, 0.25) is 11.8 Å². The van der Waals surface area contributed by atoms with Crippen LogP contribution < -0.4 is 10.6 Å². The number of carbonyl (C=O) groups excluding carboxylic acids is 3. The molecule has 128 valence electrons. The number of likely N-dealkylation sites (N-methyl/N-ethyl adjacent to an activating group) is 1. The Bertz CT molecular complexity index is 658. The normalized spacial score (nSPS) is 14.2. The Labute approximate surface area is 138 Å². The Balaban J connectivity index is 1.99. The third kappa shape index (κ3) is 4.87. The van der Waals surface area contributed by atoms with E-state index >= 15 is 0 Å². The van der Waals surface area contributed by atoms with E-state index in [2.05, 4.69) is 15.7 Å². The first-order chi connectivity index (χ1) is 11.5. The van der Waals surface area contributed by atoms with Crippen molar-refractivity contribution in [1.29, 1.82) is 0 Å². The molecule has 7 nitrogen and oxygen atoms in total. The average molecular weight is 334 g/mol. The van der Waals surface area contributed by atoms with Gasteiger partial charge in [0, 0.05) is 19.4 Å². The van der Waals surface area contributed by atoms with Crippen LogP contribution in [-0.4, -0.2) is 41.5 Å². The van der Waals surface area contributed by atoms with Gasteiger partial charge in [0.05, 0.1) is 13.1 Å². The Kier molecular flexibility index (Phi) is 6.00. The number of nitrogens with zero attached hydrogens (tertiary/aromatic N) is 2. The van der Waals surface area contributed by atoms with Crippen molar-refractivity contribution in [3.8, 4) is 0 Å². The lowest BCUT2D eigenvalue weighted by Gasteiger charge is -2.23. The molecule has 0 bridgehead atoms. The van der Waals surface area contributed by atoms with Crippen molar-refractivity contribution in [2.24, 2.45) is 5.10 Å². The lowest BCUT2D eigenvalue weighted by atomic mass is 10.1. The van der Waals surface area contributed by atoms with Crippen molar-refractivity contribution < 1.29 is 18.8 Å². The quantitative estimate of drug-likeness (QED) is 0.796. The molecule has 0 spiro atoms. The molecule has 1 aliphatic heterocycles. The SMILES string of the molecule is CCNC(=O)CNC(=O)C1=NN(Cc2ccc(F)cc2)C(=O)CC1. The van der Waals surface area contributed by atoms with Gasteiger partial charge in [-0.25, -0.2) is 9.40 Å². The second-order valence-corrected chi connectivity index (χ2v) is 5.26.